The summed E-state index contributed by atoms with van der Waals surface area (Å²) in [5.74, 6) is -2.41. The van der Waals surface area contributed by atoms with Crippen LogP contribution in [-0.4, -0.2) is 25.9 Å². The second kappa shape index (κ2) is 5.07. The molecule has 90 valence electrons. The number of nitrogens with one attached hydrogen (secondary N) is 1. The molecule has 1 aromatic rings. The predicted molar refractivity (Wildman–Crippen MR) is 58.6 cm³/mol. The van der Waals surface area contributed by atoms with Crippen molar-refractivity contribution in [3.63, 3.8) is 0 Å². The quantitative estimate of drug-likeness (QED) is 0.827. The van der Waals surface area contributed by atoms with E-state index < -0.39 is 34.0 Å². The summed E-state index contributed by atoms with van der Waals surface area (Å²) >= 11 is 2.80. The Labute approximate surface area is 99.5 Å². The van der Waals surface area contributed by atoms with Crippen molar-refractivity contribution in [2.75, 3.05) is 17.1 Å². The maximum Gasteiger partial charge on any atom is 0.235 e. The van der Waals surface area contributed by atoms with Crippen LogP contribution in [-0.2, 0) is 10.0 Å². The van der Waals surface area contributed by atoms with E-state index in [0.29, 0.717) is 6.07 Å². The minimum absolute atomic E-state index is 0.0596. The van der Waals surface area contributed by atoms with Gasteiger partial charge in [0.05, 0.1) is 22.5 Å². The third kappa shape index (κ3) is 3.39. The highest BCUT2D eigenvalue weighted by molar-refractivity contribution is 9.10. The smallest absolute Gasteiger partial charge is 0.235 e. The summed E-state index contributed by atoms with van der Waals surface area (Å²) in [6, 6.07) is 1.53. The molecule has 16 heavy (non-hydrogen) atoms. The van der Waals surface area contributed by atoms with Crippen molar-refractivity contribution in [1.29, 1.82) is 0 Å². The summed E-state index contributed by atoms with van der Waals surface area (Å²) in [5.41, 5.74) is -0.373. The number of hydrogen-bond donors (Lipinski definition) is 2. The number of aliphatic hydroxyl groups excluding tert-OH is 1. The van der Waals surface area contributed by atoms with Crippen LogP contribution in [0, 0.1) is 11.6 Å². The molecular weight excluding hydrogens is 308 g/mol. The molecule has 0 aliphatic carbocycles. The van der Waals surface area contributed by atoms with Gasteiger partial charge in [0.2, 0.25) is 10.0 Å². The molecule has 0 fully saturated rings. The number of benzene rings is 1. The van der Waals surface area contributed by atoms with Gasteiger partial charge in [0.1, 0.15) is 11.6 Å². The van der Waals surface area contributed by atoms with Crippen LogP contribution < -0.4 is 4.72 Å². The fourth-order valence-electron chi connectivity index (χ4n) is 0.940. The molecule has 8 heteroatoms. The fourth-order valence-corrected chi connectivity index (χ4v) is 2.12. The average molecular weight is 316 g/mol. The van der Waals surface area contributed by atoms with Gasteiger partial charge in [-0.05, 0) is 22.0 Å². The van der Waals surface area contributed by atoms with Gasteiger partial charge in [-0.25, -0.2) is 17.2 Å². The minimum Gasteiger partial charge on any atom is -0.395 e. The Morgan fingerprint density at radius 1 is 1.31 bits per heavy atom. The molecule has 0 heterocycles. The Bertz CT molecular complexity index is 492. The van der Waals surface area contributed by atoms with Crippen LogP contribution in [0.5, 0.6) is 0 Å². The molecule has 0 unspecified atom stereocenters. The summed E-state index contributed by atoms with van der Waals surface area (Å²) in [6.07, 6.45) is 0. The highest BCUT2D eigenvalue weighted by Crippen LogP contribution is 2.24. The van der Waals surface area contributed by atoms with Crippen LogP contribution >= 0.6 is 15.9 Å². The SMILES string of the molecule is O=S(=O)(CCO)Nc1cc(Br)c(F)cc1F. The molecular formula is C8H8BrF2NO3S. The highest BCUT2D eigenvalue weighted by atomic mass is 79.9. The lowest BCUT2D eigenvalue weighted by molar-refractivity contribution is 0.320. The molecule has 0 bridgehead atoms. The average Bonchev–Trinajstić information content (AvgIpc) is 2.13. The molecule has 4 nitrogen and oxygen atoms in total. The van der Waals surface area contributed by atoms with Crippen LogP contribution in [0.1, 0.15) is 0 Å². The van der Waals surface area contributed by atoms with Gasteiger partial charge in [0, 0.05) is 6.07 Å². The van der Waals surface area contributed by atoms with Crippen molar-refractivity contribution in [2.24, 2.45) is 0 Å². The Balaban J connectivity index is 3.03. The molecule has 0 radical (unpaired) electrons. The third-order valence-electron chi connectivity index (χ3n) is 1.64. The van der Waals surface area contributed by atoms with Crippen LogP contribution in [0.2, 0.25) is 0 Å². The van der Waals surface area contributed by atoms with E-state index in [0.717, 1.165) is 6.07 Å². The van der Waals surface area contributed by atoms with Crippen LogP contribution in [0.3, 0.4) is 0 Å². The zero-order chi connectivity index (χ0) is 12.3. The predicted octanol–water partition coefficient (Wildman–Crippen LogP) is 1.46. The van der Waals surface area contributed by atoms with Crippen molar-refractivity contribution in [3.05, 3.63) is 28.2 Å². The first-order chi connectivity index (χ1) is 7.35. The van der Waals surface area contributed by atoms with E-state index in [4.69, 9.17) is 5.11 Å². The van der Waals surface area contributed by atoms with E-state index in [1.54, 1.807) is 0 Å². The second-order valence-corrected chi connectivity index (χ2v) is 5.59. The zero-order valence-electron chi connectivity index (χ0n) is 7.87. The zero-order valence-corrected chi connectivity index (χ0v) is 10.3. The van der Waals surface area contributed by atoms with Crippen molar-refractivity contribution in [1.82, 2.24) is 0 Å². The van der Waals surface area contributed by atoms with Crippen molar-refractivity contribution in [2.45, 2.75) is 0 Å². The normalized spacial score (nSPS) is 11.5. The van der Waals surface area contributed by atoms with Crippen molar-refractivity contribution >= 4 is 31.6 Å². The number of sulfonamides is 1. The largest absolute Gasteiger partial charge is 0.395 e. The van der Waals surface area contributed by atoms with Gasteiger partial charge in [-0.1, -0.05) is 0 Å². The number of rotatable bonds is 4. The van der Waals surface area contributed by atoms with Crippen molar-refractivity contribution < 1.29 is 22.3 Å². The van der Waals surface area contributed by atoms with E-state index in [1.165, 1.54) is 0 Å². The van der Waals surface area contributed by atoms with Gasteiger partial charge in [-0.3, -0.25) is 4.72 Å². The van der Waals surface area contributed by atoms with Crippen molar-refractivity contribution in [3.8, 4) is 0 Å². The molecule has 0 aliphatic rings. The number of halogens is 3. The lowest BCUT2D eigenvalue weighted by Crippen LogP contribution is -2.19. The number of anilines is 1. The standard InChI is InChI=1S/C8H8BrF2NO3S/c9-5-3-8(7(11)4-6(5)10)12-16(14,15)2-1-13/h3-4,12-13H,1-2H2. The fraction of sp³-hybridized carbons (Fsp3) is 0.250. The Hall–Kier alpha value is -0.730. The summed E-state index contributed by atoms with van der Waals surface area (Å²) in [5, 5.41) is 8.47. The monoisotopic (exact) mass is 315 g/mol. The minimum atomic E-state index is -3.82. The van der Waals surface area contributed by atoms with Crippen LogP contribution in [0.4, 0.5) is 14.5 Å². The van der Waals surface area contributed by atoms with E-state index in [-0.39, 0.29) is 10.2 Å². The Kier molecular flexibility index (Phi) is 4.22. The Morgan fingerprint density at radius 2 is 1.94 bits per heavy atom. The molecule has 1 rings (SSSR count). The van der Waals surface area contributed by atoms with E-state index in [2.05, 4.69) is 15.9 Å². The van der Waals surface area contributed by atoms with Gasteiger partial charge in [-0.15, -0.1) is 0 Å². The first-order valence-electron chi connectivity index (χ1n) is 4.11. The molecule has 0 atom stereocenters. The summed E-state index contributed by atoms with van der Waals surface area (Å²) < 4.78 is 50.2. The molecule has 0 saturated carbocycles. The molecule has 0 aromatic heterocycles. The lowest BCUT2D eigenvalue weighted by Gasteiger charge is -2.08. The van der Waals surface area contributed by atoms with Gasteiger partial charge >= 0.3 is 0 Å². The molecule has 0 spiro atoms. The van der Waals surface area contributed by atoms with Gasteiger partial charge in [0.25, 0.3) is 0 Å². The maximum atomic E-state index is 13.2. The molecule has 0 saturated heterocycles. The van der Waals surface area contributed by atoms with Gasteiger partial charge in [-0.2, -0.15) is 0 Å². The molecule has 1 aromatic carbocycles. The number of hydrogen-bond acceptors (Lipinski definition) is 3. The first-order valence-corrected chi connectivity index (χ1v) is 6.56. The molecule has 0 aliphatic heterocycles. The highest BCUT2D eigenvalue weighted by Gasteiger charge is 2.14. The summed E-state index contributed by atoms with van der Waals surface area (Å²) in [7, 11) is -3.82. The van der Waals surface area contributed by atoms with E-state index >= 15 is 0 Å². The lowest BCUT2D eigenvalue weighted by atomic mass is 10.3. The third-order valence-corrected chi connectivity index (χ3v) is 3.49. The summed E-state index contributed by atoms with van der Waals surface area (Å²) in [6.45, 7) is -0.584. The van der Waals surface area contributed by atoms with Gasteiger partial charge < -0.3 is 5.11 Å². The molecule has 0 amide bonds. The maximum absolute atomic E-state index is 13.2. The topological polar surface area (TPSA) is 66.4 Å². The van der Waals surface area contributed by atoms with E-state index in [1.807, 2.05) is 4.72 Å². The Morgan fingerprint density at radius 3 is 2.50 bits per heavy atom. The number of aliphatic hydroxyl groups is 1. The first kappa shape index (κ1) is 13.3. The second-order valence-electron chi connectivity index (χ2n) is 2.89. The van der Waals surface area contributed by atoms with Gasteiger partial charge in [0.15, 0.2) is 0 Å². The van der Waals surface area contributed by atoms with E-state index in [9.17, 15) is 17.2 Å². The molecule has 2 N–H and O–H groups in total. The summed E-state index contributed by atoms with van der Waals surface area (Å²) in [4.78, 5) is 0. The van der Waals surface area contributed by atoms with Crippen LogP contribution in [0.15, 0.2) is 16.6 Å². The van der Waals surface area contributed by atoms with Crippen LogP contribution in [0.25, 0.3) is 0 Å².